The lowest BCUT2D eigenvalue weighted by Gasteiger charge is -2.14. The molecule has 1 aromatic rings. The molecule has 0 fully saturated rings. The maximum absolute atomic E-state index is 12.6. The molecule has 1 rings (SSSR count). The third-order valence-corrected chi connectivity index (χ3v) is 2.77. The molecule has 0 aliphatic rings. The lowest BCUT2D eigenvalue weighted by Crippen LogP contribution is -2.38. The zero-order valence-electron chi connectivity index (χ0n) is 11.3. The first-order chi connectivity index (χ1) is 9.25. The van der Waals surface area contributed by atoms with E-state index in [4.69, 9.17) is 0 Å². The Bertz CT molecular complexity index is 523. The van der Waals surface area contributed by atoms with Crippen LogP contribution < -0.4 is 10.9 Å². The van der Waals surface area contributed by atoms with Gasteiger partial charge in [0.05, 0.1) is 0 Å². The maximum atomic E-state index is 12.6. The summed E-state index contributed by atoms with van der Waals surface area (Å²) in [5, 5.41) is 2.63. The lowest BCUT2D eigenvalue weighted by molar-refractivity contribution is -0.139. The Morgan fingerprint density at radius 3 is 2.65 bits per heavy atom. The average molecular weight is 290 g/mol. The smallest absolute Gasteiger partial charge is 0.352 e. The molecule has 4 nitrogen and oxygen atoms in total. The minimum absolute atomic E-state index is 0.0750. The highest BCUT2D eigenvalue weighted by molar-refractivity contribution is 5.76. The fraction of sp³-hybridized carbons (Fsp3) is 0.538. The number of amides is 1. The van der Waals surface area contributed by atoms with Crippen molar-refractivity contribution in [3.63, 3.8) is 0 Å². The molecular formula is C13H17F3N2O2. The minimum Gasteiger partial charge on any atom is -0.352 e. The van der Waals surface area contributed by atoms with Crippen molar-refractivity contribution in [1.82, 2.24) is 9.88 Å². The summed E-state index contributed by atoms with van der Waals surface area (Å²) in [6, 6.07) is 1.73. The van der Waals surface area contributed by atoms with Gasteiger partial charge in [0.15, 0.2) is 0 Å². The van der Waals surface area contributed by atoms with E-state index in [1.165, 1.54) is 6.20 Å². The van der Waals surface area contributed by atoms with E-state index in [0.717, 1.165) is 23.5 Å². The second-order valence-electron chi connectivity index (χ2n) is 4.61. The Morgan fingerprint density at radius 1 is 1.45 bits per heavy atom. The van der Waals surface area contributed by atoms with E-state index in [2.05, 4.69) is 5.32 Å². The Morgan fingerprint density at radius 2 is 2.10 bits per heavy atom. The van der Waals surface area contributed by atoms with Crippen molar-refractivity contribution < 1.29 is 18.0 Å². The number of alkyl halides is 3. The van der Waals surface area contributed by atoms with Crippen LogP contribution in [-0.4, -0.2) is 16.5 Å². The van der Waals surface area contributed by atoms with Crippen molar-refractivity contribution in [3.05, 3.63) is 34.2 Å². The normalized spacial score (nSPS) is 13.1. The molecule has 20 heavy (non-hydrogen) atoms. The van der Waals surface area contributed by atoms with E-state index in [9.17, 15) is 22.8 Å². The van der Waals surface area contributed by atoms with Gasteiger partial charge >= 0.3 is 6.18 Å². The van der Waals surface area contributed by atoms with Gasteiger partial charge in [-0.15, -0.1) is 0 Å². The molecule has 0 saturated carbocycles. The van der Waals surface area contributed by atoms with E-state index in [1.54, 1.807) is 6.92 Å². The first-order valence-electron chi connectivity index (χ1n) is 6.31. The summed E-state index contributed by atoms with van der Waals surface area (Å²) in [6.07, 6.45) is -1.90. The Kier molecular flexibility index (Phi) is 5.35. The van der Waals surface area contributed by atoms with Crippen LogP contribution in [0.5, 0.6) is 0 Å². The summed E-state index contributed by atoms with van der Waals surface area (Å²) in [7, 11) is 0. The Hall–Kier alpha value is -1.79. The van der Waals surface area contributed by atoms with E-state index >= 15 is 0 Å². The van der Waals surface area contributed by atoms with Gasteiger partial charge in [-0.05, 0) is 25.5 Å². The fourth-order valence-corrected chi connectivity index (χ4v) is 1.86. The highest BCUT2D eigenvalue weighted by atomic mass is 19.4. The molecule has 0 unspecified atom stereocenters. The molecule has 1 heterocycles. The van der Waals surface area contributed by atoms with Crippen LogP contribution in [0.3, 0.4) is 0 Å². The zero-order valence-corrected chi connectivity index (χ0v) is 11.3. The molecule has 1 amide bonds. The fourth-order valence-electron chi connectivity index (χ4n) is 1.86. The van der Waals surface area contributed by atoms with Gasteiger partial charge in [0.1, 0.15) is 12.1 Å². The predicted molar refractivity (Wildman–Crippen MR) is 68.2 cm³/mol. The number of carbonyl (C=O) groups excluding carboxylic acids is 1. The molecule has 7 heteroatoms. The molecular weight excluding hydrogens is 273 g/mol. The van der Waals surface area contributed by atoms with Crippen LogP contribution in [0, 0.1) is 0 Å². The number of nitrogens with one attached hydrogen (secondary N) is 1. The molecule has 1 aromatic heterocycles. The lowest BCUT2D eigenvalue weighted by atomic mass is 10.2. The van der Waals surface area contributed by atoms with Gasteiger partial charge in [-0.2, -0.15) is 13.2 Å². The van der Waals surface area contributed by atoms with Gasteiger partial charge in [-0.3, -0.25) is 9.59 Å². The molecule has 0 spiro atoms. The van der Waals surface area contributed by atoms with Crippen molar-refractivity contribution in [2.75, 3.05) is 0 Å². The number of halogens is 3. The molecule has 0 aromatic carbocycles. The van der Waals surface area contributed by atoms with E-state index in [-0.39, 0.29) is 6.04 Å². The van der Waals surface area contributed by atoms with Crippen molar-refractivity contribution >= 4 is 5.91 Å². The molecule has 0 bridgehead atoms. The van der Waals surface area contributed by atoms with Crippen LogP contribution in [0.2, 0.25) is 0 Å². The van der Waals surface area contributed by atoms with Crippen LogP contribution in [0.4, 0.5) is 13.2 Å². The number of rotatable bonds is 5. The highest BCUT2D eigenvalue weighted by Crippen LogP contribution is 2.25. The van der Waals surface area contributed by atoms with Crippen LogP contribution in [0.1, 0.15) is 32.3 Å². The third kappa shape index (κ3) is 4.40. The largest absolute Gasteiger partial charge is 0.421 e. The van der Waals surface area contributed by atoms with Gasteiger partial charge in [-0.25, -0.2) is 0 Å². The predicted octanol–water partition coefficient (Wildman–Crippen LogP) is 2.17. The van der Waals surface area contributed by atoms with Gasteiger partial charge < -0.3 is 9.88 Å². The van der Waals surface area contributed by atoms with Crippen molar-refractivity contribution in [2.45, 2.75) is 45.5 Å². The van der Waals surface area contributed by atoms with Crippen LogP contribution >= 0.6 is 0 Å². The summed E-state index contributed by atoms with van der Waals surface area (Å²) >= 11 is 0. The average Bonchev–Trinajstić information content (AvgIpc) is 2.30. The van der Waals surface area contributed by atoms with Gasteiger partial charge in [-0.1, -0.05) is 13.3 Å². The van der Waals surface area contributed by atoms with Crippen molar-refractivity contribution in [2.24, 2.45) is 0 Å². The summed E-state index contributed by atoms with van der Waals surface area (Å²) in [5.41, 5.74) is -2.48. The van der Waals surface area contributed by atoms with Gasteiger partial charge in [0.2, 0.25) is 5.91 Å². The first-order valence-corrected chi connectivity index (χ1v) is 6.31. The molecule has 1 atom stereocenters. The topological polar surface area (TPSA) is 51.1 Å². The second kappa shape index (κ2) is 6.58. The molecule has 1 N–H and O–H groups in total. The van der Waals surface area contributed by atoms with E-state index in [0.29, 0.717) is 6.07 Å². The SMILES string of the molecule is CCC[C@@H](C)NC(=O)Cn1cccc(C(F)(F)F)c1=O. The zero-order chi connectivity index (χ0) is 15.3. The molecule has 0 radical (unpaired) electrons. The van der Waals surface area contributed by atoms with Crippen LogP contribution in [0.25, 0.3) is 0 Å². The third-order valence-electron chi connectivity index (χ3n) is 2.77. The maximum Gasteiger partial charge on any atom is 0.421 e. The Labute approximate surface area is 114 Å². The second-order valence-corrected chi connectivity index (χ2v) is 4.61. The summed E-state index contributed by atoms with van der Waals surface area (Å²) in [5.74, 6) is -0.479. The summed E-state index contributed by atoms with van der Waals surface area (Å²) in [4.78, 5) is 23.3. The minimum atomic E-state index is -4.72. The number of nitrogens with zero attached hydrogens (tertiary/aromatic N) is 1. The number of hydrogen-bond donors (Lipinski definition) is 1. The van der Waals surface area contributed by atoms with Gasteiger partial charge in [0, 0.05) is 12.2 Å². The molecule has 112 valence electrons. The number of hydrogen-bond acceptors (Lipinski definition) is 2. The summed E-state index contributed by atoms with van der Waals surface area (Å²) in [6.45, 7) is 3.34. The highest BCUT2D eigenvalue weighted by Gasteiger charge is 2.34. The van der Waals surface area contributed by atoms with Crippen molar-refractivity contribution in [3.8, 4) is 0 Å². The van der Waals surface area contributed by atoms with Crippen molar-refractivity contribution in [1.29, 1.82) is 0 Å². The van der Waals surface area contributed by atoms with Crippen LogP contribution in [-0.2, 0) is 17.5 Å². The molecule has 0 aliphatic heterocycles. The number of pyridine rings is 1. The number of carbonyl (C=O) groups is 1. The standard InChI is InChI=1S/C13H17F3N2O2/c1-3-5-9(2)17-11(19)8-18-7-4-6-10(12(18)20)13(14,15)16/h4,6-7,9H,3,5,8H2,1-2H3,(H,17,19)/t9-/m1/s1. The van der Waals surface area contributed by atoms with Gasteiger partial charge in [0.25, 0.3) is 5.56 Å². The molecule has 0 saturated heterocycles. The first kappa shape index (κ1) is 16.3. The molecule has 0 aliphatic carbocycles. The number of aromatic nitrogens is 1. The van der Waals surface area contributed by atoms with Crippen LogP contribution in [0.15, 0.2) is 23.1 Å². The van der Waals surface area contributed by atoms with E-state index < -0.39 is 29.8 Å². The Balaban J connectivity index is 2.84. The monoisotopic (exact) mass is 290 g/mol. The van der Waals surface area contributed by atoms with E-state index in [1.807, 2.05) is 6.92 Å². The summed E-state index contributed by atoms with van der Waals surface area (Å²) < 4.78 is 38.4. The quantitative estimate of drug-likeness (QED) is 0.903.